The molecule has 0 unspecified atom stereocenters. The van der Waals surface area contributed by atoms with Crippen molar-refractivity contribution in [2.45, 2.75) is 19.8 Å². The van der Waals surface area contributed by atoms with Crippen molar-refractivity contribution in [3.05, 3.63) is 76.7 Å². The summed E-state index contributed by atoms with van der Waals surface area (Å²) in [5.41, 5.74) is 5.78. The number of rotatable bonds is 3. The molecule has 4 heteroatoms. The van der Waals surface area contributed by atoms with Gasteiger partial charge in [-0.1, -0.05) is 50.2 Å². The van der Waals surface area contributed by atoms with Crippen molar-refractivity contribution in [1.29, 1.82) is 0 Å². The van der Waals surface area contributed by atoms with Crippen LogP contribution in [0.25, 0.3) is 33.3 Å². The molecular formula is C21H19N3O. The van der Waals surface area contributed by atoms with E-state index in [0.29, 0.717) is 0 Å². The molecule has 0 aliphatic rings. The Kier molecular flexibility index (Phi) is 3.73. The third kappa shape index (κ3) is 2.87. The molecule has 0 radical (unpaired) electrons. The van der Waals surface area contributed by atoms with Crippen LogP contribution >= 0.6 is 0 Å². The van der Waals surface area contributed by atoms with E-state index in [4.69, 9.17) is 0 Å². The quantitative estimate of drug-likeness (QED) is 0.572. The van der Waals surface area contributed by atoms with Gasteiger partial charge in [-0.3, -0.25) is 9.89 Å². The molecule has 0 spiro atoms. The van der Waals surface area contributed by atoms with Crippen LogP contribution in [0.3, 0.4) is 0 Å². The van der Waals surface area contributed by atoms with Crippen LogP contribution in [0.2, 0.25) is 0 Å². The van der Waals surface area contributed by atoms with E-state index in [1.807, 2.05) is 42.5 Å². The first kappa shape index (κ1) is 15.4. The number of aromatic nitrogens is 3. The van der Waals surface area contributed by atoms with Gasteiger partial charge in [-0.15, -0.1) is 0 Å². The molecule has 2 N–H and O–H groups in total. The van der Waals surface area contributed by atoms with Gasteiger partial charge in [0.15, 0.2) is 0 Å². The fraction of sp³-hybridized carbons (Fsp3) is 0.143. The Labute approximate surface area is 145 Å². The Hall–Kier alpha value is -3.14. The summed E-state index contributed by atoms with van der Waals surface area (Å²) >= 11 is 0. The number of nitrogens with zero attached hydrogens (tertiary/aromatic N) is 1. The minimum Gasteiger partial charge on any atom is -0.326 e. The van der Waals surface area contributed by atoms with Gasteiger partial charge in [0, 0.05) is 22.7 Å². The molecule has 4 aromatic rings. The lowest BCUT2D eigenvalue weighted by atomic mass is 9.99. The lowest BCUT2D eigenvalue weighted by Gasteiger charge is -2.08. The number of aromatic amines is 2. The molecule has 2 heterocycles. The molecule has 0 aliphatic carbocycles. The highest BCUT2D eigenvalue weighted by molar-refractivity contribution is 5.95. The maximum atomic E-state index is 12.0. The van der Waals surface area contributed by atoms with Crippen LogP contribution in [0.1, 0.15) is 25.5 Å². The number of fused-ring (bicyclic) bond motifs is 1. The summed E-state index contributed by atoms with van der Waals surface area (Å²) in [6, 6.07) is 19.9. The van der Waals surface area contributed by atoms with Gasteiger partial charge in [0.05, 0.1) is 11.2 Å². The summed E-state index contributed by atoms with van der Waals surface area (Å²) < 4.78 is 0. The zero-order valence-corrected chi connectivity index (χ0v) is 14.2. The van der Waals surface area contributed by atoms with Crippen molar-refractivity contribution in [3.63, 3.8) is 0 Å². The van der Waals surface area contributed by atoms with E-state index < -0.39 is 0 Å². The minimum atomic E-state index is -0.0724. The van der Waals surface area contributed by atoms with E-state index >= 15 is 0 Å². The normalized spacial score (nSPS) is 11.3. The Morgan fingerprint density at radius 1 is 0.880 bits per heavy atom. The first-order chi connectivity index (χ1) is 12.1. The van der Waals surface area contributed by atoms with Crippen LogP contribution in [0.4, 0.5) is 0 Å². The van der Waals surface area contributed by atoms with Gasteiger partial charge in [0.2, 0.25) is 5.56 Å². The molecule has 0 amide bonds. The predicted octanol–water partition coefficient (Wildman–Crippen LogP) is 4.71. The van der Waals surface area contributed by atoms with E-state index in [0.717, 1.165) is 39.0 Å². The number of hydrogen-bond acceptors (Lipinski definition) is 2. The number of H-pyrrole nitrogens is 2. The molecule has 0 bridgehead atoms. The van der Waals surface area contributed by atoms with Crippen molar-refractivity contribution in [3.8, 4) is 22.4 Å². The minimum absolute atomic E-state index is 0.0724. The fourth-order valence-corrected chi connectivity index (χ4v) is 3.05. The number of pyridine rings is 1. The van der Waals surface area contributed by atoms with Crippen LogP contribution in [-0.4, -0.2) is 15.2 Å². The molecule has 0 saturated carbocycles. The van der Waals surface area contributed by atoms with Crippen molar-refractivity contribution in [2.24, 2.45) is 0 Å². The molecule has 4 rings (SSSR count). The molecule has 0 saturated heterocycles. The summed E-state index contributed by atoms with van der Waals surface area (Å²) in [5.74, 6) is 0.269. The zero-order chi connectivity index (χ0) is 17.4. The third-order valence-electron chi connectivity index (χ3n) is 4.43. The summed E-state index contributed by atoms with van der Waals surface area (Å²) in [4.78, 5) is 14.9. The molecule has 25 heavy (non-hydrogen) atoms. The number of hydrogen-bond donors (Lipinski definition) is 2. The van der Waals surface area contributed by atoms with Crippen LogP contribution in [-0.2, 0) is 0 Å². The predicted molar refractivity (Wildman–Crippen MR) is 102 cm³/mol. The van der Waals surface area contributed by atoms with Crippen LogP contribution in [0.15, 0.2) is 65.5 Å². The lowest BCUT2D eigenvalue weighted by Crippen LogP contribution is -2.08. The average Bonchev–Trinajstić information content (AvgIpc) is 3.05. The highest BCUT2D eigenvalue weighted by Crippen LogP contribution is 2.30. The van der Waals surface area contributed by atoms with Crippen LogP contribution in [0.5, 0.6) is 0 Å². The highest BCUT2D eigenvalue weighted by atomic mass is 16.1. The van der Waals surface area contributed by atoms with Crippen molar-refractivity contribution in [2.75, 3.05) is 0 Å². The second-order valence-electron chi connectivity index (χ2n) is 6.54. The molecule has 0 fully saturated rings. The SMILES string of the molecule is CC(C)c1cc(-c2ccc3[nH]nc(-c4ccccc4)c3c2)cc(=O)[nH]1. The summed E-state index contributed by atoms with van der Waals surface area (Å²) in [6.07, 6.45) is 0. The second-order valence-corrected chi connectivity index (χ2v) is 6.54. The lowest BCUT2D eigenvalue weighted by molar-refractivity contribution is 0.816. The second kappa shape index (κ2) is 6.06. The monoisotopic (exact) mass is 329 g/mol. The van der Waals surface area contributed by atoms with Gasteiger partial charge in [0.25, 0.3) is 0 Å². The van der Waals surface area contributed by atoms with Gasteiger partial charge in [-0.05, 0) is 35.2 Å². The van der Waals surface area contributed by atoms with Gasteiger partial charge < -0.3 is 4.98 Å². The smallest absolute Gasteiger partial charge is 0.248 e. The topological polar surface area (TPSA) is 61.5 Å². The van der Waals surface area contributed by atoms with E-state index in [9.17, 15) is 4.79 Å². The standard InChI is InChI=1S/C21H19N3O/c1-13(2)19-11-16(12-20(25)22-19)15-8-9-18-17(10-15)21(24-23-18)14-6-4-3-5-7-14/h3-13H,1-2H3,(H,22,25)(H,23,24). The zero-order valence-electron chi connectivity index (χ0n) is 14.2. The van der Waals surface area contributed by atoms with Gasteiger partial charge in [-0.2, -0.15) is 5.10 Å². The first-order valence-corrected chi connectivity index (χ1v) is 8.40. The summed E-state index contributed by atoms with van der Waals surface area (Å²) in [7, 11) is 0. The van der Waals surface area contributed by atoms with Crippen molar-refractivity contribution in [1.82, 2.24) is 15.2 Å². The molecular weight excluding hydrogens is 310 g/mol. The fourth-order valence-electron chi connectivity index (χ4n) is 3.05. The molecule has 124 valence electrons. The molecule has 2 aromatic carbocycles. The Bertz CT molecular complexity index is 1090. The first-order valence-electron chi connectivity index (χ1n) is 8.40. The number of nitrogens with one attached hydrogen (secondary N) is 2. The van der Waals surface area contributed by atoms with Crippen molar-refractivity contribution >= 4 is 10.9 Å². The Balaban J connectivity index is 1.89. The Morgan fingerprint density at radius 3 is 2.44 bits per heavy atom. The maximum Gasteiger partial charge on any atom is 0.248 e. The Morgan fingerprint density at radius 2 is 1.68 bits per heavy atom. The third-order valence-corrected chi connectivity index (χ3v) is 4.43. The van der Waals surface area contributed by atoms with Crippen molar-refractivity contribution < 1.29 is 0 Å². The average molecular weight is 329 g/mol. The van der Waals surface area contributed by atoms with Gasteiger partial charge >= 0.3 is 0 Å². The summed E-state index contributed by atoms with van der Waals surface area (Å²) in [6.45, 7) is 4.14. The highest BCUT2D eigenvalue weighted by Gasteiger charge is 2.11. The van der Waals surface area contributed by atoms with E-state index in [-0.39, 0.29) is 11.5 Å². The molecule has 2 aromatic heterocycles. The maximum absolute atomic E-state index is 12.0. The molecule has 0 atom stereocenters. The van der Waals surface area contributed by atoms with Gasteiger partial charge in [-0.25, -0.2) is 0 Å². The van der Waals surface area contributed by atoms with Gasteiger partial charge in [0.1, 0.15) is 0 Å². The molecule has 4 nitrogen and oxygen atoms in total. The van der Waals surface area contributed by atoms with Crippen LogP contribution in [0, 0.1) is 0 Å². The van der Waals surface area contributed by atoms with E-state index in [2.05, 4.69) is 41.2 Å². The molecule has 0 aliphatic heterocycles. The van der Waals surface area contributed by atoms with E-state index in [1.165, 1.54) is 0 Å². The van der Waals surface area contributed by atoms with E-state index in [1.54, 1.807) is 6.07 Å². The summed E-state index contributed by atoms with van der Waals surface area (Å²) in [5, 5.41) is 8.61. The number of benzene rings is 2. The largest absolute Gasteiger partial charge is 0.326 e. The van der Waals surface area contributed by atoms with Crippen LogP contribution < -0.4 is 5.56 Å².